The molecule has 15 heavy (non-hydrogen) atoms. The zero-order valence-electron chi connectivity index (χ0n) is 9.05. The van der Waals surface area contributed by atoms with E-state index in [2.05, 4.69) is 15.9 Å². The molecule has 0 aromatic heterocycles. The Hall–Kier alpha value is -0.700. The molecule has 0 spiro atoms. The van der Waals surface area contributed by atoms with Crippen LogP contribution in [0.15, 0.2) is 22.7 Å². The lowest BCUT2D eigenvalue weighted by Crippen LogP contribution is -2.18. The summed E-state index contributed by atoms with van der Waals surface area (Å²) < 4.78 is 14.1. The van der Waals surface area contributed by atoms with Crippen LogP contribution in [-0.4, -0.2) is 5.78 Å². The summed E-state index contributed by atoms with van der Waals surface area (Å²) in [5.41, 5.74) is 0.172. The molecule has 0 aliphatic rings. The largest absolute Gasteiger partial charge is 0.294 e. The van der Waals surface area contributed by atoms with Crippen LogP contribution in [0.4, 0.5) is 4.39 Å². The van der Waals surface area contributed by atoms with Gasteiger partial charge in [-0.15, -0.1) is 0 Å². The number of ketones is 1. The van der Waals surface area contributed by atoms with E-state index in [4.69, 9.17) is 0 Å². The Balaban J connectivity index is 3.05. The number of rotatable bonds is 3. The van der Waals surface area contributed by atoms with Crippen molar-refractivity contribution in [2.75, 3.05) is 0 Å². The fourth-order valence-corrected chi connectivity index (χ4v) is 1.60. The van der Waals surface area contributed by atoms with Crippen molar-refractivity contribution in [3.05, 3.63) is 34.1 Å². The number of halogens is 2. The monoisotopic (exact) mass is 272 g/mol. The molecule has 1 unspecified atom stereocenters. The van der Waals surface area contributed by atoms with E-state index in [0.717, 1.165) is 4.47 Å². The predicted octanol–water partition coefficient (Wildman–Crippen LogP) is 4.06. The minimum Gasteiger partial charge on any atom is -0.294 e. The molecule has 0 N–H and O–H groups in total. The molecule has 0 aliphatic heterocycles. The summed E-state index contributed by atoms with van der Waals surface area (Å²) >= 11 is 3.23. The predicted molar refractivity (Wildman–Crippen MR) is 62.4 cm³/mol. The lowest BCUT2D eigenvalue weighted by molar-refractivity contribution is 0.0895. The van der Waals surface area contributed by atoms with Crippen LogP contribution in [0.5, 0.6) is 0 Å². The molecule has 1 aromatic carbocycles. The molecular weight excluding hydrogens is 259 g/mol. The van der Waals surface area contributed by atoms with Crippen LogP contribution in [0.2, 0.25) is 0 Å². The minimum atomic E-state index is -0.448. The highest BCUT2D eigenvalue weighted by atomic mass is 79.9. The Labute approximate surface area is 97.8 Å². The molecule has 0 fully saturated rings. The summed E-state index contributed by atoms with van der Waals surface area (Å²) in [5, 5.41) is 0. The molecule has 0 saturated heterocycles. The first-order valence-electron chi connectivity index (χ1n) is 4.92. The van der Waals surface area contributed by atoms with Crippen molar-refractivity contribution in [2.45, 2.75) is 20.8 Å². The number of Topliss-reactive ketones (excluding diaryl/α,β-unsaturated/α-hetero) is 1. The molecule has 1 atom stereocenters. The van der Waals surface area contributed by atoms with Gasteiger partial charge in [-0.2, -0.15) is 0 Å². The fourth-order valence-electron chi connectivity index (χ4n) is 1.23. The average Bonchev–Trinajstić information content (AvgIpc) is 2.19. The van der Waals surface area contributed by atoms with E-state index in [-0.39, 0.29) is 23.2 Å². The summed E-state index contributed by atoms with van der Waals surface area (Å²) in [7, 11) is 0. The standard InChI is InChI=1S/C12H14BrFO/c1-7(2)8(3)12(15)10-6-9(13)4-5-11(10)14/h4-8H,1-3H3. The van der Waals surface area contributed by atoms with Crippen molar-refractivity contribution in [1.82, 2.24) is 0 Å². The molecule has 0 radical (unpaired) electrons. The maximum absolute atomic E-state index is 13.4. The summed E-state index contributed by atoms with van der Waals surface area (Å²) in [6, 6.07) is 4.44. The van der Waals surface area contributed by atoms with Gasteiger partial charge in [0.2, 0.25) is 0 Å². The Morgan fingerprint density at radius 3 is 2.47 bits per heavy atom. The third kappa shape index (κ3) is 2.88. The third-order valence-corrected chi connectivity index (χ3v) is 3.10. The molecular formula is C12H14BrFO. The van der Waals surface area contributed by atoms with E-state index >= 15 is 0 Å². The van der Waals surface area contributed by atoms with Crippen molar-refractivity contribution in [2.24, 2.45) is 11.8 Å². The first-order chi connectivity index (χ1) is 6.93. The van der Waals surface area contributed by atoms with Gasteiger partial charge in [0.05, 0.1) is 5.56 Å². The maximum Gasteiger partial charge on any atom is 0.168 e. The quantitative estimate of drug-likeness (QED) is 0.759. The minimum absolute atomic E-state index is 0.135. The lowest BCUT2D eigenvalue weighted by atomic mass is 9.89. The van der Waals surface area contributed by atoms with Gasteiger partial charge in [-0.3, -0.25) is 4.79 Å². The second-order valence-electron chi connectivity index (χ2n) is 4.02. The van der Waals surface area contributed by atoms with Crippen molar-refractivity contribution < 1.29 is 9.18 Å². The van der Waals surface area contributed by atoms with E-state index in [0.29, 0.717) is 0 Å². The molecule has 82 valence electrons. The first kappa shape index (κ1) is 12.4. The third-order valence-electron chi connectivity index (χ3n) is 2.61. The number of hydrogen-bond donors (Lipinski definition) is 0. The van der Waals surface area contributed by atoms with Gasteiger partial charge in [0, 0.05) is 10.4 Å². The smallest absolute Gasteiger partial charge is 0.168 e. The highest BCUT2D eigenvalue weighted by Gasteiger charge is 2.21. The molecule has 0 heterocycles. The highest BCUT2D eigenvalue weighted by molar-refractivity contribution is 9.10. The van der Waals surface area contributed by atoms with E-state index in [1.54, 1.807) is 6.07 Å². The van der Waals surface area contributed by atoms with E-state index in [1.807, 2.05) is 20.8 Å². The fraction of sp³-hybridized carbons (Fsp3) is 0.417. The first-order valence-corrected chi connectivity index (χ1v) is 5.72. The Morgan fingerprint density at radius 2 is 1.93 bits per heavy atom. The number of hydrogen-bond acceptors (Lipinski definition) is 1. The lowest BCUT2D eigenvalue weighted by Gasteiger charge is -2.14. The average molecular weight is 273 g/mol. The zero-order chi connectivity index (χ0) is 11.6. The molecule has 0 bridgehead atoms. The number of carbonyl (C=O) groups excluding carboxylic acids is 1. The van der Waals surface area contributed by atoms with Crippen molar-refractivity contribution in [3.8, 4) is 0 Å². The van der Waals surface area contributed by atoms with Gasteiger partial charge in [-0.25, -0.2) is 4.39 Å². The van der Waals surface area contributed by atoms with Gasteiger partial charge in [-0.05, 0) is 24.1 Å². The number of carbonyl (C=O) groups is 1. The van der Waals surface area contributed by atoms with E-state index in [1.165, 1.54) is 12.1 Å². The normalized spacial score (nSPS) is 12.9. The molecule has 0 saturated carbocycles. The second kappa shape index (κ2) is 4.88. The van der Waals surface area contributed by atoms with Gasteiger partial charge < -0.3 is 0 Å². The van der Waals surface area contributed by atoms with Gasteiger partial charge >= 0.3 is 0 Å². The molecule has 3 heteroatoms. The summed E-state index contributed by atoms with van der Waals surface area (Å²) in [5.74, 6) is -0.524. The summed E-state index contributed by atoms with van der Waals surface area (Å²) in [4.78, 5) is 11.9. The van der Waals surface area contributed by atoms with Gasteiger partial charge in [0.15, 0.2) is 5.78 Å². The molecule has 1 rings (SSSR count). The molecule has 0 aliphatic carbocycles. The van der Waals surface area contributed by atoms with Crippen LogP contribution < -0.4 is 0 Å². The Bertz CT molecular complexity index is 374. The Morgan fingerprint density at radius 1 is 1.33 bits per heavy atom. The molecule has 1 aromatic rings. The van der Waals surface area contributed by atoms with Crippen LogP contribution in [0.1, 0.15) is 31.1 Å². The zero-order valence-corrected chi connectivity index (χ0v) is 10.6. The summed E-state index contributed by atoms with van der Waals surface area (Å²) in [6.45, 7) is 5.74. The SMILES string of the molecule is CC(C)C(C)C(=O)c1cc(Br)ccc1F. The van der Waals surface area contributed by atoms with Crippen molar-refractivity contribution in [3.63, 3.8) is 0 Å². The second-order valence-corrected chi connectivity index (χ2v) is 4.94. The van der Waals surface area contributed by atoms with E-state index < -0.39 is 5.82 Å². The van der Waals surface area contributed by atoms with Gasteiger partial charge in [-0.1, -0.05) is 36.7 Å². The molecule has 0 amide bonds. The highest BCUT2D eigenvalue weighted by Crippen LogP contribution is 2.21. The van der Waals surface area contributed by atoms with Crippen molar-refractivity contribution in [1.29, 1.82) is 0 Å². The topological polar surface area (TPSA) is 17.1 Å². The Kier molecular flexibility index (Phi) is 4.03. The van der Waals surface area contributed by atoms with Crippen LogP contribution in [0.3, 0.4) is 0 Å². The van der Waals surface area contributed by atoms with Gasteiger partial charge in [0.1, 0.15) is 5.82 Å². The van der Waals surface area contributed by atoms with Crippen molar-refractivity contribution >= 4 is 21.7 Å². The number of benzene rings is 1. The molecule has 1 nitrogen and oxygen atoms in total. The summed E-state index contributed by atoms with van der Waals surface area (Å²) in [6.07, 6.45) is 0. The van der Waals surface area contributed by atoms with Gasteiger partial charge in [0.25, 0.3) is 0 Å². The van der Waals surface area contributed by atoms with Crippen LogP contribution in [0.25, 0.3) is 0 Å². The maximum atomic E-state index is 13.4. The van der Waals surface area contributed by atoms with E-state index in [9.17, 15) is 9.18 Å². The van der Waals surface area contributed by atoms with Crippen LogP contribution >= 0.6 is 15.9 Å². The van der Waals surface area contributed by atoms with Crippen LogP contribution in [-0.2, 0) is 0 Å². The van der Waals surface area contributed by atoms with Crippen LogP contribution in [0, 0.1) is 17.7 Å².